The molecule has 1 aliphatic rings. The first-order valence-electron chi connectivity index (χ1n) is 8.80. The number of amides is 1. The molecule has 0 aromatic heterocycles. The molecule has 1 saturated carbocycles. The molecule has 1 aliphatic carbocycles. The van der Waals surface area contributed by atoms with Gasteiger partial charge in [0.05, 0.1) is 6.10 Å². The van der Waals surface area contributed by atoms with Crippen molar-refractivity contribution in [2.45, 2.75) is 70.1 Å². The van der Waals surface area contributed by atoms with Crippen LogP contribution >= 0.6 is 0 Å². The first-order chi connectivity index (χ1) is 11.5. The standard InChI is InChI=1S/C19H27NO4/c1-3-16(24-15-12-8-9-13-15)17(21)20-19(4-2,18(22)23)14-10-6-5-7-11-14/h5-7,10-11,15-16H,3-4,8-9,12-13H2,1-2H3,(H,20,21)(H,22,23). The number of rotatable bonds is 8. The van der Waals surface area contributed by atoms with E-state index in [1.807, 2.05) is 13.0 Å². The summed E-state index contributed by atoms with van der Waals surface area (Å²) in [5, 5.41) is 12.6. The van der Waals surface area contributed by atoms with Crippen molar-refractivity contribution in [3.05, 3.63) is 35.9 Å². The molecular formula is C19H27NO4. The molecule has 0 spiro atoms. The number of carboxylic acids is 1. The van der Waals surface area contributed by atoms with Gasteiger partial charge in [-0.25, -0.2) is 4.79 Å². The van der Waals surface area contributed by atoms with Gasteiger partial charge in [-0.2, -0.15) is 0 Å². The number of ether oxygens (including phenoxy) is 1. The van der Waals surface area contributed by atoms with Gasteiger partial charge in [0.1, 0.15) is 6.10 Å². The highest BCUT2D eigenvalue weighted by Gasteiger charge is 2.41. The number of hydrogen-bond acceptors (Lipinski definition) is 3. The third-order valence-corrected chi connectivity index (χ3v) is 4.82. The summed E-state index contributed by atoms with van der Waals surface area (Å²) in [7, 11) is 0. The van der Waals surface area contributed by atoms with Crippen LogP contribution in [-0.2, 0) is 19.9 Å². The molecular weight excluding hydrogens is 306 g/mol. The molecule has 132 valence electrons. The van der Waals surface area contributed by atoms with Crippen molar-refractivity contribution in [2.75, 3.05) is 0 Å². The molecule has 0 saturated heterocycles. The van der Waals surface area contributed by atoms with Gasteiger partial charge in [0, 0.05) is 0 Å². The SMILES string of the molecule is CCC(OC1CCCC1)C(=O)NC(CC)(C(=O)O)c1ccccc1. The van der Waals surface area contributed by atoms with E-state index >= 15 is 0 Å². The zero-order chi connectivity index (χ0) is 17.6. The van der Waals surface area contributed by atoms with E-state index in [9.17, 15) is 14.7 Å². The van der Waals surface area contributed by atoms with E-state index in [2.05, 4.69) is 5.32 Å². The van der Waals surface area contributed by atoms with Crippen LogP contribution in [0.4, 0.5) is 0 Å². The number of hydrogen-bond donors (Lipinski definition) is 2. The second kappa shape index (κ2) is 8.29. The van der Waals surface area contributed by atoms with Gasteiger partial charge in [-0.1, -0.05) is 57.0 Å². The van der Waals surface area contributed by atoms with E-state index < -0.39 is 17.6 Å². The molecule has 2 N–H and O–H groups in total. The van der Waals surface area contributed by atoms with Crippen LogP contribution in [0.25, 0.3) is 0 Å². The number of carbonyl (C=O) groups is 2. The fraction of sp³-hybridized carbons (Fsp3) is 0.579. The Morgan fingerprint density at radius 1 is 1.25 bits per heavy atom. The minimum absolute atomic E-state index is 0.110. The normalized spacial score (nSPS) is 18.8. The van der Waals surface area contributed by atoms with Gasteiger partial charge in [-0.05, 0) is 31.2 Å². The van der Waals surface area contributed by atoms with Gasteiger partial charge in [0.15, 0.2) is 5.54 Å². The maximum Gasteiger partial charge on any atom is 0.334 e. The van der Waals surface area contributed by atoms with Crippen LogP contribution in [0.15, 0.2) is 30.3 Å². The van der Waals surface area contributed by atoms with E-state index in [0.29, 0.717) is 12.0 Å². The summed E-state index contributed by atoms with van der Waals surface area (Å²) in [6, 6.07) is 8.85. The van der Waals surface area contributed by atoms with E-state index in [-0.39, 0.29) is 18.4 Å². The van der Waals surface area contributed by atoms with Crippen molar-refractivity contribution < 1.29 is 19.4 Å². The summed E-state index contributed by atoms with van der Waals surface area (Å²) in [4.78, 5) is 24.7. The van der Waals surface area contributed by atoms with Crippen LogP contribution in [0.3, 0.4) is 0 Å². The monoisotopic (exact) mass is 333 g/mol. The smallest absolute Gasteiger partial charge is 0.334 e. The Labute approximate surface area is 143 Å². The molecule has 2 unspecified atom stereocenters. The quantitative estimate of drug-likeness (QED) is 0.766. The van der Waals surface area contributed by atoms with Gasteiger partial charge < -0.3 is 15.2 Å². The average molecular weight is 333 g/mol. The van der Waals surface area contributed by atoms with Crippen LogP contribution in [0.2, 0.25) is 0 Å². The Balaban J connectivity index is 2.18. The van der Waals surface area contributed by atoms with E-state index in [1.165, 1.54) is 0 Å². The molecule has 1 fully saturated rings. The molecule has 0 bridgehead atoms. The maximum absolute atomic E-state index is 12.7. The Kier molecular flexibility index (Phi) is 6.37. The lowest BCUT2D eigenvalue weighted by Gasteiger charge is -2.32. The fourth-order valence-corrected chi connectivity index (χ4v) is 3.31. The van der Waals surface area contributed by atoms with Crippen molar-refractivity contribution in [3.8, 4) is 0 Å². The molecule has 24 heavy (non-hydrogen) atoms. The fourth-order valence-electron chi connectivity index (χ4n) is 3.31. The number of nitrogens with one attached hydrogen (secondary N) is 1. The largest absolute Gasteiger partial charge is 0.479 e. The maximum atomic E-state index is 12.7. The molecule has 5 heteroatoms. The molecule has 2 atom stereocenters. The molecule has 1 aromatic rings. The van der Waals surface area contributed by atoms with Crippen molar-refractivity contribution in [1.82, 2.24) is 5.32 Å². The number of carboxylic acid groups (broad SMARTS) is 1. The van der Waals surface area contributed by atoms with Crippen molar-refractivity contribution in [3.63, 3.8) is 0 Å². The summed E-state index contributed by atoms with van der Waals surface area (Å²) in [5.41, 5.74) is -0.853. The second-order valence-electron chi connectivity index (χ2n) is 6.36. The van der Waals surface area contributed by atoms with Crippen LogP contribution < -0.4 is 5.32 Å². The zero-order valence-corrected chi connectivity index (χ0v) is 14.5. The first-order valence-corrected chi connectivity index (χ1v) is 8.80. The topological polar surface area (TPSA) is 75.6 Å². The first kappa shape index (κ1) is 18.5. The van der Waals surface area contributed by atoms with Gasteiger partial charge in [-0.15, -0.1) is 0 Å². The number of carbonyl (C=O) groups excluding carboxylic acids is 1. The second-order valence-corrected chi connectivity index (χ2v) is 6.36. The van der Waals surface area contributed by atoms with Crippen molar-refractivity contribution in [1.29, 1.82) is 0 Å². The van der Waals surface area contributed by atoms with E-state index in [4.69, 9.17) is 4.74 Å². The summed E-state index contributed by atoms with van der Waals surface area (Å²) < 4.78 is 5.92. The highest BCUT2D eigenvalue weighted by Crippen LogP contribution is 2.27. The minimum Gasteiger partial charge on any atom is -0.479 e. The van der Waals surface area contributed by atoms with Crippen molar-refractivity contribution in [2.24, 2.45) is 0 Å². The predicted octanol–water partition coefficient (Wildman–Crippen LogP) is 3.23. The van der Waals surface area contributed by atoms with Gasteiger partial charge in [0.25, 0.3) is 0 Å². The summed E-state index contributed by atoms with van der Waals surface area (Å²) in [6.45, 7) is 3.65. The number of benzene rings is 1. The Morgan fingerprint density at radius 3 is 2.38 bits per heavy atom. The summed E-state index contributed by atoms with van der Waals surface area (Å²) >= 11 is 0. The summed E-state index contributed by atoms with van der Waals surface area (Å²) in [5.74, 6) is -1.40. The van der Waals surface area contributed by atoms with Crippen LogP contribution in [0.5, 0.6) is 0 Å². The summed E-state index contributed by atoms with van der Waals surface area (Å²) in [6.07, 6.45) is 4.48. The third kappa shape index (κ3) is 3.96. The highest BCUT2D eigenvalue weighted by atomic mass is 16.5. The Hall–Kier alpha value is -1.88. The van der Waals surface area contributed by atoms with Crippen molar-refractivity contribution >= 4 is 11.9 Å². The lowest BCUT2D eigenvalue weighted by Crippen LogP contribution is -2.54. The molecule has 1 aromatic carbocycles. The molecule has 0 radical (unpaired) electrons. The minimum atomic E-state index is -1.43. The average Bonchev–Trinajstić information content (AvgIpc) is 3.11. The van der Waals surface area contributed by atoms with Gasteiger partial charge in [-0.3, -0.25) is 4.79 Å². The lowest BCUT2D eigenvalue weighted by atomic mass is 9.87. The molecule has 0 aliphatic heterocycles. The van der Waals surface area contributed by atoms with Gasteiger partial charge in [0.2, 0.25) is 5.91 Å². The number of aliphatic carboxylic acids is 1. The van der Waals surface area contributed by atoms with Gasteiger partial charge >= 0.3 is 5.97 Å². The van der Waals surface area contributed by atoms with Crippen LogP contribution in [-0.4, -0.2) is 29.2 Å². The molecule has 0 heterocycles. The molecule has 2 rings (SSSR count). The highest BCUT2D eigenvalue weighted by molar-refractivity contribution is 5.90. The predicted molar refractivity (Wildman–Crippen MR) is 91.6 cm³/mol. The third-order valence-electron chi connectivity index (χ3n) is 4.82. The Bertz CT molecular complexity index is 554. The van der Waals surface area contributed by atoms with Crippen LogP contribution in [0.1, 0.15) is 57.9 Å². The van der Waals surface area contributed by atoms with E-state index in [1.54, 1.807) is 31.2 Å². The Morgan fingerprint density at radius 2 is 1.88 bits per heavy atom. The van der Waals surface area contributed by atoms with E-state index in [0.717, 1.165) is 25.7 Å². The molecule has 1 amide bonds. The lowest BCUT2D eigenvalue weighted by molar-refractivity contribution is -0.152. The zero-order valence-electron chi connectivity index (χ0n) is 14.5. The van der Waals surface area contributed by atoms with Crippen LogP contribution in [0, 0.1) is 0 Å². The molecule has 5 nitrogen and oxygen atoms in total.